The van der Waals surface area contributed by atoms with Gasteiger partial charge in [0, 0.05) is 11.6 Å². The van der Waals surface area contributed by atoms with Crippen LogP contribution in [0.3, 0.4) is 0 Å². The zero-order valence-electron chi connectivity index (χ0n) is 18.1. The molecule has 0 spiro atoms. The van der Waals surface area contributed by atoms with Gasteiger partial charge in [0.05, 0.1) is 34.2 Å². The lowest BCUT2D eigenvalue weighted by atomic mass is 10.0. The number of hydrogen-bond donors (Lipinski definition) is 3. The molecular weight excluding hydrogens is 400 g/mol. The second-order valence-electron chi connectivity index (χ2n) is 6.82. The van der Waals surface area contributed by atoms with Gasteiger partial charge >= 0.3 is 0 Å². The van der Waals surface area contributed by atoms with Crippen LogP contribution in [-0.4, -0.2) is 46.1 Å². The van der Waals surface area contributed by atoms with Gasteiger partial charge in [-0.15, -0.1) is 0 Å². The van der Waals surface area contributed by atoms with Gasteiger partial charge in [-0.2, -0.15) is 5.10 Å². The molecule has 9 nitrogen and oxygen atoms in total. The van der Waals surface area contributed by atoms with Gasteiger partial charge in [-0.05, 0) is 43.2 Å². The highest BCUT2D eigenvalue weighted by molar-refractivity contribution is 5.86. The minimum Gasteiger partial charge on any atom is -0.494 e. The first kappa shape index (κ1) is 22.4. The third-order valence-electron chi connectivity index (χ3n) is 4.89. The van der Waals surface area contributed by atoms with Gasteiger partial charge in [0.25, 0.3) is 5.91 Å². The molecule has 2 atom stereocenters. The summed E-state index contributed by atoms with van der Waals surface area (Å²) in [5, 5.41) is 4.06. The van der Waals surface area contributed by atoms with Crippen LogP contribution in [0.5, 0.6) is 23.0 Å². The molecule has 3 N–H and O–H groups in total. The minimum atomic E-state index is -0.409. The smallest absolute Gasteiger partial charge is 0.258 e. The zero-order valence-corrected chi connectivity index (χ0v) is 18.1. The van der Waals surface area contributed by atoms with Crippen LogP contribution in [0.4, 0.5) is 0 Å². The Labute approximate surface area is 181 Å². The van der Waals surface area contributed by atoms with E-state index in [0.717, 1.165) is 11.3 Å². The van der Waals surface area contributed by atoms with Crippen LogP contribution in [0.2, 0.25) is 0 Å². The predicted octanol–water partition coefficient (Wildman–Crippen LogP) is 2.17. The molecular formula is C22H28N4O5. The number of hydrogen-bond acceptors (Lipinski definition) is 8. The summed E-state index contributed by atoms with van der Waals surface area (Å²) in [6.45, 7) is 2.57. The molecule has 2 unspecified atom stereocenters. The molecule has 1 aliphatic rings. The van der Waals surface area contributed by atoms with Crippen LogP contribution in [-0.2, 0) is 4.79 Å². The first-order valence-electron chi connectivity index (χ1n) is 9.96. The van der Waals surface area contributed by atoms with Crippen LogP contribution >= 0.6 is 0 Å². The van der Waals surface area contributed by atoms with Crippen molar-refractivity contribution in [2.45, 2.75) is 25.4 Å². The summed E-state index contributed by atoms with van der Waals surface area (Å²) in [6, 6.07) is 10.9. The Kier molecular flexibility index (Phi) is 7.69. The van der Waals surface area contributed by atoms with E-state index in [1.165, 1.54) is 13.3 Å². The van der Waals surface area contributed by atoms with E-state index in [9.17, 15) is 4.79 Å². The van der Waals surface area contributed by atoms with E-state index in [0.29, 0.717) is 35.8 Å². The van der Waals surface area contributed by atoms with E-state index < -0.39 is 6.04 Å². The fourth-order valence-corrected chi connectivity index (χ4v) is 3.33. The molecule has 1 aliphatic heterocycles. The highest BCUT2D eigenvalue weighted by atomic mass is 16.5. The average molecular weight is 428 g/mol. The second kappa shape index (κ2) is 10.6. The Morgan fingerprint density at radius 2 is 1.77 bits per heavy atom. The number of amides is 1. The molecule has 1 saturated heterocycles. The maximum Gasteiger partial charge on any atom is 0.258 e. The third kappa shape index (κ3) is 5.44. The average Bonchev–Trinajstić information content (AvgIpc) is 3.29. The fourth-order valence-electron chi connectivity index (χ4n) is 3.33. The zero-order chi connectivity index (χ0) is 22.2. The lowest BCUT2D eigenvalue weighted by molar-refractivity contribution is -0.122. The summed E-state index contributed by atoms with van der Waals surface area (Å²) in [6.07, 6.45) is 2.12. The molecule has 2 aromatic carbocycles. The maximum atomic E-state index is 12.5. The van der Waals surface area contributed by atoms with E-state index >= 15 is 0 Å². The Morgan fingerprint density at radius 1 is 1.10 bits per heavy atom. The van der Waals surface area contributed by atoms with Crippen molar-refractivity contribution >= 4 is 12.1 Å². The Balaban J connectivity index is 1.58. The van der Waals surface area contributed by atoms with E-state index in [-0.39, 0.29) is 11.9 Å². The standard InChI is InChI=1S/C22H28N4O5/c1-5-31-16-8-6-15(7-9-16)17-12-18(25-24-17)22(27)26-23-13-14-10-19(28-2)21(30-4)20(11-14)29-3/h6-11,13,17-18,24-25H,5,12H2,1-4H3,(H,26,27)/b23-13+. The first-order chi connectivity index (χ1) is 15.1. The van der Waals surface area contributed by atoms with Gasteiger partial charge < -0.3 is 18.9 Å². The van der Waals surface area contributed by atoms with Crippen molar-refractivity contribution < 1.29 is 23.7 Å². The predicted molar refractivity (Wildman–Crippen MR) is 117 cm³/mol. The van der Waals surface area contributed by atoms with Gasteiger partial charge in [-0.1, -0.05) is 12.1 Å². The molecule has 1 fully saturated rings. The van der Waals surface area contributed by atoms with Crippen molar-refractivity contribution in [2.24, 2.45) is 5.10 Å². The Morgan fingerprint density at radius 3 is 2.35 bits per heavy atom. The summed E-state index contributed by atoms with van der Waals surface area (Å²) >= 11 is 0. The number of methoxy groups -OCH3 is 3. The van der Waals surface area contributed by atoms with Gasteiger partial charge in [-0.3, -0.25) is 4.79 Å². The summed E-state index contributed by atoms with van der Waals surface area (Å²) in [5.74, 6) is 2.11. The highest BCUT2D eigenvalue weighted by Crippen LogP contribution is 2.37. The fraction of sp³-hybridized carbons (Fsp3) is 0.364. The van der Waals surface area contributed by atoms with Gasteiger partial charge in [0.1, 0.15) is 11.8 Å². The lowest BCUT2D eigenvalue weighted by Crippen LogP contribution is -2.41. The van der Waals surface area contributed by atoms with Crippen LogP contribution in [0.1, 0.15) is 30.5 Å². The summed E-state index contributed by atoms with van der Waals surface area (Å²) in [7, 11) is 4.62. The molecule has 1 heterocycles. The number of nitrogens with zero attached hydrogens (tertiary/aromatic N) is 1. The highest BCUT2D eigenvalue weighted by Gasteiger charge is 2.30. The summed E-state index contributed by atoms with van der Waals surface area (Å²) in [5.41, 5.74) is 10.5. The number of nitrogens with one attached hydrogen (secondary N) is 3. The van der Waals surface area contributed by atoms with Crippen LogP contribution in [0.25, 0.3) is 0 Å². The third-order valence-corrected chi connectivity index (χ3v) is 4.89. The summed E-state index contributed by atoms with van der Waals surface area (Å²) < 4.78 is 21.4. The van der Waals surface area contributed by atoms with Crippen molar-refractivity contribution in [3.05, 3.63) is 47.5 Å². The monoisotopic (exact) mass is 428 g/mol. The number of benzene rings is 2. The molecule has 0 saturated carbocycles. The molecule has 166 valence electrons. The minimum absolute atomic E-state index is 0.0190. The van der Waals surface area contributed by atoms with E-state index in [4.69, 9.17) is 18.9 Å². The largest absolute Gasteiger partial charge is 0.494 e. The molecule has 0 aromatic heterocycles. The summed E-state index contributed by atoms with van der Waals surface area (Å²) in [4.78, 5) is 12.5. The van der Waals surface area contributed by atoms with Crippen LogP contribution < -0.4 is 35.2 Å². The SMILES string of the molecule is CCOc1ccc(C2CC(C(=O)N/N=C/c3cc(OC)c(OC)c(OC)c3)NN2)cc1. The molecule has 0 radical (unpaired) electrons. The molecule has 0 aliphatic carbocycles. The number of hydrazone groups is 1. The molecule has 1 amide bonds. The van der Waals surface area contributed by atoms with E-state index in [1.807, 2.05) is 31.2 Å². The van der Waals surface area contributed by atoms with E-state index in [1.54, 1.807) is 26.4 Å². The molecule has 9 heteroatoms. The molecule has 0 bridgehead atoms. The normalized spacial score (nSPS) is 18.1. The quantitative estimate of drug-likeness (QED) is 0.416. The van der Waals surface area contributed by atoms with Crippen LogP contribution in [0.15, 0.2) is 41.5 Å². The van der Waals surface area contributed by atoms with Crippen molar-refractivity contribution in [1.82, 2.24) is 16.3 Å². The topological polar surface area (TPSA) is 102 Å². The first-order valence-corrected chi connectivity index (χ1v) is 9.96. The number of hydrazine groups is 1. The lowest BCUT2D eigenvalue weighted by Gasteiger charge is -2.12. The second-order valence-corrected chi connectivity index (χ2v) is 6.82. The van der Waals surface area contributed by atoms with Crippen molar-refractivity contribution in [3.8, 4) is 23.0 Å². The number of ether oxygens (including phenoxy) is 4. The number of carbonyl (C=O) groups excluding carboxylic acids is 1. The van der Waals surface area contributed by atoms with Gasteiger partial charge in [-0.25, -0.2) is 16.3 Å². The van der Waals surface area contributed by atoms with Crippen LogP contribution in [0, 0.1) is 0 Å². The van der Waals surface area contributed by atoms with Gasteiger partial charge in [0.15, 0.2) is 11.5 Å². The Hall–Kier alpha value is -3.30. The van der Waals surface area contributed by atoms with Crippen molar-refractivity contribution in [3.63, 3.8) is 0 Å². The maximum absolute atomic E-state index is 12.5. The van der Waals surface area contributed by atoms with Gasteiger partial charge in [0.2, 0.25) is 5.75 Å². The van der Waals surface area contributed by atoms with Crippen molar-refractivity contribution in [1.29, 1.82) is 0 Å². The molecule has 2 aromatic rings. The number of carbonyl (C=O) groups is 1. The number of rotatable bonds is 9. The molecule has 31 heavy (non-hydrogen) atoms. The Bertz CT molecular complexity index is 892. The van der Waals surface area contributed by atoms with Crippen molar-refractivity contribution in [2.75, 3.05) is 27.9 Å². The molecule has 3 rings (SSSR count). The van der Waals surface area contributed by atoms with E-state index in [2.05, 4.69) is 21.4 Å².